The highest BCUT2D eigenvalue weighted by atomic mass is 16.5. The zero-order valence-corrected chi connectivity index (χ0v) is 17.8. The molecule has 0 aromatic heterocycles. The lowest BCUT2D eigenvalue weighted by atomic mass is 10.1. The number of nitrogens with one attached hydrogen (secondary N) is 3. The van der Waals surface area contributed by atoms with Crippen LogP contribution < -0.4 is 20.7 Å². The van der Waals surface area contributed by atoms with Crippen molar-refractivity contribution in [3.63, 3.8) is 0 Å². The first-order valence-electron chi connectivity index (χ1n) is 10.1. The second kappa shape index (κ2) is 11.7. The van der Waals surface area contributed by atoms with Gasteiger partial charge in [-0.15, -0.1) is 0 Å². The molecule has 29 heavy (non-hydrogen) atoms. The molecule has 2 rings (SSSR count). The molecule has 3 N–H and O–H groups in total. The molecule has 0 aliphatic heterocycles. The van der Waals surface area contributed by atoms with Crippen LogP contribution in [0, 0.1) is 0 Å². The first-order chi connectivity index (χ1) is 14.0. The number of carbonyl (C=O) groups is 1. The molecule has 0 fully saturated rings. The van der Waals surface area contributed by atoms with E-state index in [0.29, 0.717) is 12.1 Å². The van der Waals surface area contributed by atoms with Crippen molar-refractivity contribution in [1.29, 1.82) is 0 Å². The predicted octanol–water partition coefficient (Wildman–Crippen LogP) is 3.13. The molecule has 2 aromatic carbocycles. The number of aliphatic imine (C=N–C) groups is 1. The summed E-state index contributed by atoms with van der Waals surface area (Å²) >= 11 is 0. The van der Waals surface area contributed by atoms with Crippen LogP contribution in [0.25, 0.3) is 0 Å². The number of nitrogens with zero attached hydrogens (tertiary/aromatic N) is 1. The smallest absolute Gasteiger partial charge is 0.251 e. The largest absolute Gasteiger partial charge is 0.491 e. The molecule has 0 spiro atoms. The molecule has 156 valence electrons. The van der Waals surface area contributed by atoms with Crippen LogP contribution in [0.5, 0.6) is 5.75 Å². The third kappa shape index (κ3) is 7.86. The highest BCUT2D eigenvalue weighted by Gasteiger charge is 2.04. The Hall–Kier alpha value is -3.02. The molecule has 0 radical (unpaired) electrons. The van der Waals surface area contributed by atoms with Crippen LogP contribution in [0.2, 0.25) is 0 Å². The van der Waals surface area contributed by atoms with Gasteiger partial charge in [-0.3, -0.25) is 4.79 Å². The summed E-state index contributed by atoms with van der Waals surface area (Å²) in [5.74, 6) is 1.56. The molecule has 2 aromatic rings. The van der Waals surface area contributed by atoms with Gasteiger partial charge in [-0.1, -0.05) is 24.3 Å². The summed E-state index contributed by atoms with van der Waals surface area (Å²) in [6.45, 7) is 8.15. The molecular weight excluding hydrogens is 364 g/mol. The minimum atomic E-state index is -0.0709. The van der Waals surface area contributed by atoms with E-state index in [1.54, 1.807) is 7.05 Å². The molecule has 0 bridgehead atoms. The van der Waals surface area contributed by atoms with Crippen LogP contribution >= 0.6 is 0 Å². The zero-order valence-electron chi connectivity index (χ0n) is 17.8. The summed E-state index contributed by atoms with van der Waals surface area (Å²) in [7, 11) is 1.64. The standard InChI is InChI=1S/C23H32N4O2/c1-5-25-23(27-16-19-9-7-11-21(15-19)29-17(2)3)26-13-12-18-8-6-10-20(14-18)22(28)24-4/h6-11,14-15,17H,5,12-13,16H2,1-4H3,(H,24,28)(H2,25,26,27). The zero-order chi connectivity index (χ0) is 21.1. The maximum atomic E-state index is 11.8. The number of hydrogen-bond acceptors (Lipinski definition) is 3. The van der Waals surface area contributed by atoms with Crippen molar-refractivity contribution < 1.29 is 9.53 Å². The fraction of sp³-hybridized carbons (Fsp3) is 0.391. The molecular formula is C23H32N4O2. The Kier molecular flexibility index (Phi) is 9.02. The molecule has 6 heteroatoms. The van der Waals surface area contributed by atoms with E-state index in [1.807, 2.05) is 69.3 Å². The van der Waals surface area contributed by atoms with Gasteiger partial charge in [0, 0.05) is 25.7 Å². The van der Waals surface area contributed by atoms with Crippen LogP contribution in [0.15, 0.2) is 53.5 Å². The summed E-state index contributed by atoms with van der Waals surface area (Å²) in [6.07, 6.45) is 0.946. The fourth-order valence-electron chi connectivity index (χ4n) is 2.84. The molecule has 0 aliphatic carbocycles. The molecule has 0 saturated carbocycles. The number of ether oxygens (including phenoxy) is 1. The summed E-state index contributed by atoms with van der Waals surface area (Å²) < 4.78 is 5.75. The van der Waals surface area contributed by atoms with Crippen molar-refractivity contribution in [3.05, 3.63) is 65.2 Å². The predicted molar refractivity (Wildman–Crippen MR) is 119 cm³/mol. The van der Waals surface area contributed by atoms with Gasteiger partial charge in [-0.2, -0.15) is 0 Å². The van der Waals surface area contributed by atoms with Gasteiger partial charge in [0.25, 0.3) is 5.91 Å². The van der Waals surface area contributed by atoms with Gasteiger partial charge in [0.15, 0.2) is 5.96 Å². The van der Waals surface area contributed by atoms with E-state index in [9.17, 15) is 4.79 Å². The van der Waals surface area contributed by atoms with E-state index in [0.717, 1.165) is 42.3 Å². The molecule has 0 heterocycles. The number of carbonyl (C=O) groups excluding carboxylic acids is 1. The Morgan fingerprint density at radius 3 is 2.55 bits per heavy atom. The van der Waals surface area contributed by atoms with Crippen LogP contribution in [0.3, 0.4) is 0 Å². The Morgan fingerprint density at radius 2 is 1.83 bits per heavy atom. The van der Waals surface area contributed by atoms with Crippen LogP contribution in [0.4, 0.5) is 0 Å². The van der Waals surface area contributed by atoms with E-state index in [-0.39, 0.29) is 12.0 Å². The molecule has 6 nitrogen and oxygen atoms in total. The minimum absolute atomic E-state index is 0.0709. The third-order valence-electron chi connectivity index (χ3n) is 4.16. The number of benzene rings is 2. The molecule has 0 unspecified atom stereocenters. The Bertz CT molecular complexity index is 818. The fourth-order valence-corrected chi connectivity index (χ4v) is 2.84. The van der Waals surface area contributed by atoms with Crippen molar-refractivity contribution in [2.24, 2.45) is 4.99 Å². The highest BCUT2D eigenvalue weighted by molar-refractivity contribution is 5.94. The van der Waals surface area contributed by atoms with Crippen molar-refractivity contribution in [1.82, 2.24) is 16.0 Å². The quantitative estimate of drug-likeness (QED) is 0.450. The Labute approximate surface area is 173 Å². The van der Waals surface area contributed by atoms with Crippen LogP contribution in [-0.4, -0.2) is 38.1 Å². The third-order valence-corrected chi connectivity index (χ3v) is 4.16. The SMILES string of the molecule is CCNC(=NCc1cccc(OC(C)C)c1)NCCc1cccc(C(=O)NC)c1. The topological polar surface area (TPSA) is 74.8 Å². The van der Waals surface area contributed by atoms with Gasteiger partial charge in [0.2, 0.25) is 0 Å². The lowest BCUT2D eigenvalue weighted by Crippen LogP contribution is -2.38. The number of rotatable bonds is 9. The normalized spacial score (nSPS) is 11.3. The van der Waals surface area contributed by atoms with Gasteiger partial charge < -0.3 is 20.7 Å². The maximum Gasteiger partial charge on any atom is 0.251 e. The minimum Gasteiger partial charge on any atom is -0.491 e. The lowest BCUT2D eigenvalue weighted by molar-refractivity contribution is 0.0963. The van der Waals surface area contributed by atoms with Gasteiger partial charge in [-0.05, 0) is 62.6 Å². The van der Waals surface area contributed by atoms with E-state index in [4.69, 9.17) is 4.74 Å². The van der Waals surface area contributed by atoms with Gasteiger partial charge in [-0.25, -0.2) is 4.99 Å². The van der Waals surface area contributed by atoms with E-state index < -0.39 is 0 Å². The summed E-state index contributed by atoms with van der Waals surface area (Å²) in [5, 5.41) is 9.28. The molecule has 0 atom stereocenters. The molecule has 0 saturated heterocycles. The summed E-state index contributed by atoms with van der Waals surface area (Å²) in [5.41, 5.74) is 2.88. The first kappa shape index (κ1) is 22.3. The lowest BCUT2D eigenvalue weighted by Gasteiger charge is -2.13. The molecule has 0 aliphatic rings. The average molecular weight is 397 g/mol. The maximum absolute atomic E-state index is 11.8. The second-order valence-electron chi connectivity index (χ2n) is 6.97. The van der Waals surface area contributed by atoms with Crippen LogP contribution in [-0.2, 0) is 13.0 Å². The van der Waals surface area contributed by atoms with E-state index in [1.165, 1.54) is 0 Å². The van der Waals surface area contributed by atoms with Gasteiger partial charge >= 0.3 is 0 Å². The summed E-state index contributed by atoms with van der Waals surface area (Å²) in [6, 6.07) is 15.7. The molecule has 1 amide bonds. The Morgan fingerprint density at radius 1 is 1.07 bits per heavy atom. The first-order valence-corrected chi connectivity index (χ1v) is 10.1. The van der Waals surface area contributed by atoms with Crippen molar-refractivity contribution >= 4 is 11.9 Å². The van der Waals surface area contributed by atoms with Crippen molar-refractivity contribution in [2.75, 3.05) is 20.1 Å². The monoisotopic (exact) mass is 396 g/mol. The Balaban J connectivity index is 1.93. The highest BCUT2D eigenvalue weighted by Crippen LogP contribution is 2.15. The van der Waals surface area contributed by atoms with Crippen molar-refractivity contribution in [2.45, 2.75) is 39.8 Å². The second-order valence-corrected chi connectivity index (χ2v) is 6.97. The van der Waals surface area contributed by atoms with Gasteiger partial charge in [0.05, 0.1) is 12.6 Å². The van der Waals surface area contributed by atoms with E-state index in [2.05, 4.69) is 20.9 Å². The van der Waals surface area contributed by atoms with E-state index >= 15 is 0 Å². The number of hydrogen-bond donors (Lipinski definition) is 3. The number of guanidine groups is 1. The summed E-state index contributed by atoms with van der Waals surface area (Å²) in [4.78, 5) is 16.4. The van der Waals surface area contributed by atoms with Crippen LogP contribution in [0.1, 0.15) is 42.3 Å². The average Bonchev–Trinajstić information content (AvgIpc) is 2.71. The number of amides is 1. The van der Waals surface area contributed by atoms with Gasteiger partial charge in [0.1, 0.15) is 5.75 Å². The van der Waals surface area contributed by atoms with Crippen molar-refractivity contribution in [3.8, 4) is 5.75 Å².